The molecule has 0 bridgehead atoms. The van der Waals surface area contributed by atoms with E-state index in [0.717, 1.165) is 24.9 Å². The number of carbonyl (C=O) groups excluding carboxylic acids is 1. The highest BCUT2D eigenvalue weighted by Gasteiger charge is 2.06. The van der Waals surface area contributed by atoms with Gasteiger partial charge in [0.2, 0.25) is 0 Å². The minimum atomic E-state index is -0.187. The van der Waals surface area contributed by atoms with Crippen LogP contribution in [0.3, 0.4) is 0 Å². The van der Waals surface area contributed by atoms with Crippen LogP contribution in [0.15, 0.2) is 42.6 Å². The second-order valence-corrected chi connectivity index (χ2v) is 5.66. The van der Waals surface area contributed by atoms with Crippen molar-refractivity contribution in [2.24, 2.45) is 0 Å². The molecule has 2 rings (SSSR count). The summed E-state index contributed by atoms with van der Waals surface area (Å²) in [7, 11) is 0. The Bertz CT molecular complexity index is 643. The van der Waals surface area contributed by atoms with Crippen LogP contribution in [0.5, 0.6) is 0 Å². The SMILES string of the molecule is CCCCCNC(=O)c1ccc(NCCc2ccccc2F)cn1. The Morgan fingerprint density at radius 1 is 1.12 bits per heavy atom. The van der Waals surface area contributed by atoms with Gasteiger partial charge in [0, 0.05) is 13.1 Å². The maximum absolute atomic E-state index is 13.5. The summed E-state index contributed by atoms with van der Waals surface area (Å²) in [6, 6.07) is 10.3. The lowest BCUT2D eigenvalue weighted by molar-refractivity contribution is 0.0948. The van der Waals surface area contributed by atoms with E-state index in [-0.39, 0.29) is 11.7 Å². The van der Waals surface area contributed by atoms with Gasteiger partial charge < -0.3 is 10.6 Å². The molecular weight excluding hydrogens is 305 g/mol. The lowest BCUT2D eigenvalue weighted by Crippen LogP contribution is -2.25. The van der Waals surface area contributed by atoms with Crippen LogP contribution >= 0.6 is 0 Å². The number of halogens is 1. The highest BCUT2D eigenvalue weighted by atomic mass is 19.1. The van der Waals surface area contributed by atoms with Gasteiger partial charge in [-0.25, -0.2) is 9.37 Å². The summed E-state index contributed by atoms with van der Waals surface area (Å²) in [5.41, 5.74) is 1.90. The zero-order valence-electron chi connectivity index (χ0n) is 14.0. The molecule has 2 N–H and O–H groups in total. The largest absolute Gasteiger partial charge is 0.383 e. The molecule has 24 heavy (non-hydrogen) atoms. The summed E-state index contributed by atoms with van der Waals surface area (Å²) in [6.45, 7) is 3.41. The number of amides is 1. The number of unbranched alkanes of at least 4 members (excludes halogenated alkanes) is 2. The van der Waals surface area contributed by atoms with Crippen LogP contribution < -0.4 is 10.6 Å². The fourth-order valence-corrected chi connectivity index (χ4v) is 2.34. The molecule has 1 amide bonds. The highest BCUT2D eigenvalue weighted by Crippen LogP contribution is 2.09. The molecule has 5 heteroatoms. The predicted molar refractivity (Wildman–Crippen MR) is 94.7 cm³/mol. The van der Waals surface area contributed by atoms with Crippen LogP contribution in [-0.2, 0) is 6.42 Å². The topological polar surface area (TPSA) is 54.0 Å². The fraction of sp³-hybridized carbons (Fsp3) is 0.368. The van der Waals surface area contributed by atoms with E-state index in [9.17, 15) is 9.18 Å². The predicted octanol–water partition coefficient (Wildman–Crippen LogP) is 3.80. The molecule has 0 atom stereocenters. The molecule has 0 saturated carbocycles. The lowest BCUT2D eigenvalue weighted by atomic mass is 10.1. The summed E-state index contributed by atoms with van der Waals surface area (Å²) in [4.78, 5) is 16.1. The van der Waals surface area contributed by atoms with E-state index in [4.69, 9.17) is 0 Å². The standard InChI is InChI=1S/C19H24FN3O/c1-2-3-6-12-22-19(24)18-10-9-16(14-23-18)21-13-11-15-7-4-5-8-17(15)20/h4-5,7-10,14,21H,2-3,6,11-13H2,1H3,(H,22,24). The molecule has 1 aromatic carbocycles. The quantitative estimate of drug-likeness (QED) is 0.688. The Balaban J connectivity index is 1.77. The molecule has 0 aliphatic rings. The summed E-state index contributed by atoms with van der Waals surface area (Å²) >= 11 is 0. The molecule has 4 nitrogen and oxygen atoms in total. The zero-order valence-corrected chi connectivity index (χ0v) is 14.0. The third kappa shape index (κ3) is 5.65. The van der Waals surface area contributed by atoms with Gasteiger partial charge >= 0.3 is 0 Å². The summed E-state index contributed by atoms with van der Waals surface area (Å²) < 4.78 is 13.5. The number of nitrogens with one attached hydrogen (secondary N) is 2. The van der Waals surface area contributed by atoms with Gasteiger partial charge in [-0.05, 0) is 36.6 Å². The number of pyridine rings is 1. The second kappa shape index (κ2) is 9.65. The third-order valence-electron chi connectivity index (χ3n) is 3.74. The lowest BCUT2D eigenvalue weighted by Gasteiger charge is -2.08. The van der Waals surface area contributed by atoms with Crippen molar-refractivity contribution in [2.45, 2.75) is 32.6 Å². The van der Waals surface area contributed by atoms with Crippen LogP contribution in [0.2, 0.25) is 0 Å². The van der Waals surface area contributed by atoms with Gasteiger partial charge in [0.1, 0.15) is 11.5 Å². The first kappa shape index (κ1) is 17.9. The Morgan fingerprint density at radius 2 is 1.96 bits per heavy atom. The molecule has 0 radical (unpaired) electrons. The summed E-state index contributed by atoms with van der Waals surface area (Å²) in [5.74, 6) is -0.337. The van der Waals surface area contributed by atoms with Crippen molar-refractivity contribution in [3.8, 4) is 0 Å². The number of hydrogen-bond donors (Lipinski definition) is 2. The molecule has 0 aliphatic carbocycles. The van der Waals surface area contributed by atoms with Crippen molar-refractivity contribution >= 4 is 11.6 Å². The molecule has 0 saturated heterocycles. The normalized spacial score (nSPS) is 10.4. The monoisotopic (exact) mass is 329 g/mol. The Hall–Kier alpha value is -2.43. The molecule has 0 unspecified atom stereocenters. The van der Waals surface area contributed by atoms with Crippen LogP contribution in [0.1, 0.15) is 42.2 Å². The molecule has 128 valence electrons. The number of nitrogens with zero attached hydrogens (tertiary/aromatic N) is 1. The van der Waals surface area contributed by atoms with Gasteiger partial charge in [-0.3, -0.25) is 4.79 Å². The number of benzene rings is 1. The minimum Gasteiger partial charge on any atom is -0.383 e. The maximum atomic E-state index is 13.5. The van der Waals surface area contributed by atoms with E-state index in [1.54, 1.807) is 24.4 Å². The van der Waals surface area contributed by atoms with Crippen LogP contribution in [-0.4, -0.2) is 24.0 Å². The van der Waals surface area contributed by atoms with E-state index >= 15 is 0 Å². The molecule has 2 aromatic rings. The molecule has 1 aromatic heterocycles. The number of rotatable bonds is 9. The van der Waals surface area contributed by atoms with Crippen molar-refractivity contribution in [2.75, 3.05) is 18.4 Å². The smallest absolute Gasteiger partial charge is 0.269 e. The van der Waals surface area contributed by atoms with E-state index in [2.05, 4.69) is 22.5 Å². The number of carbonyl (C=O) groups is 1. The Labute approximate surface area is 142 Å². The van der Waals surface area contributed by atoms with E-state index in [1.807, 2.05) is 12.1 Å². The average molecular weight is 329 g/mol. The molecule has 0 aliphatic heterocycles. The number of hydrogen-bond acceptors (Lipinski definition) is 3. The molecule has 0 spiro atoms. The van der Waals surface area contributed by atoms with Gasteiger partial charge in [-0.2, -0.15) is 0 Å². The highest BCUT2D eigenvalue weighted by molar-refractivity contribution is 5.92. The van der Waals surface area contributed by atoms with Gasteiger partial charge in [0.05, 0.1) is 11.9 Å². The number of anilines is 1. The summed E-state index contributed by atoms with van der Waals surface area (Å²) in [6.07, 6.45) is 5.44. The van der Waals surface area contributed by atoms with Crippen LogP contribution in [0, 0.1) is 5.82 Å². The van der Waals surface area contributed by atoms with Crippen molar-refractivity contribution in [3.63, 3.8) is 0 Å². The van der Waals surface area contributed by atoms with Crippen molar-refractivity contribution in [1.29, 1.82) is 0 Å². The van der Waals surface area contributed by atoms with Crippen molar-refractivity contribution in [1.82, 2.24) is 10.3 Å². The molecule has 1 heterocycles. The number of aromatic nitrogens is 1. The Kier molecular flexibility index (Phi) is 7.21. The van der Waals surface area contributed by atoms with Crippen molar-refractivity contribution < 1.29 is 9.18 Å². The first-order valence-corrected chi connectivity index (χ1v) is 8.42. The Morgan fingerprint density at radius 3 is 2.67 bits per heavy atom. The van der Waals surface area contributed by atoms with E-state index < -0.39 is 0 Å². The van der Waals surface area contributed by atoms with Gasteiger partial charge in [-0.15, -0.1) is 0 Å². The van der Waals surface area contributed by atoms with Crippen molar-refractivity contribution in [3.05, 3.63) is 59.7 Å². The molecular formula is C19H24FN3O. The minimum absolute atomic E-state index is 0.149. The zero-order chi connectivity index (χ0) is 17.2. The molecule has 0 fully saturated rings. The van der Waals surface area contributed by atoms with Gasteiger partial charge in [-0.1, -0.05) is 38.0 Å². The van der Waals surface area contributed by atoms with Crippen LogP contribution in [0.4, 0.5) is 10.1 Å². The first-order chi connectivity index (χ1) is 11.7. The van der Waals surface area contributed by atoms with Crippen LogP contribution in [0.25, 0.3) is 0 Å². The average Bonchev–Trinajstić information content (AvgIpc) is 2.61. The van der Waals surface area contributed by atoms with Gasteiger partial charge in [0.15, 0.2) is 0 Å². The van der Waals surface area contributed by atoms with E-state index in [0.29, 0.717) is 30.8 Å². The maximum Gasteiger partial charge on any atom is 0.269 e. The third-order valence-corrected chi connectivity index (χ3v) is 3.74. The van der Waals surface area contributed by atoms with Gasteiger partial charge in [0.25, 0.3) is 5.91 Å². The first-order valence-electron chi connectivity index (χ1n) is 8.42. The summed E-state index contributed by atoms with van der Waals surface area (Å²) in [5, 5.41) is 6.05. The van der Waals surface area contributed by atoms with E-state index in [1.165, 1.54) is 6.07 Å². The second-order valence-electron chi connectivity index (χ2n) is 5.66. The fourth-order valence-electron chi connectivity index (χ4n) is 2.34.